The lowest BCUT2D eigenvalue weighted by Crippen LogP contribution is -2.47. The van der Waals surface area contributed by atoms with Crippen LogP contribution in [-0.2, 0) is 20.7 Å². The first-order valence-corrected chi connectivity index (χ1v) is 6.51. The van der Waals surface area contributed by atoms with E-state index < -0.39 is 29.4 Å². The summed E-state index contributed by atoms with van der Waals surface area (Å²) in [5.74, 6) is -2.08. The molecule has 0 bridgehead atoms. The largest absolute Gasteiger partial charge is 0.497 e. The van der Waals surface area contributed by atoms with Crippen LogP contribution in [0, 0.1) is 11.8 Å². The van der Waals surface area contributed by atoms with Crippen LogP contribution in [0.3, 0.4) is 0 Å². The van der Waals surface area contributed by atoms with Gasteiger partial charge in [0.15, 0.2) is 5.60 Å². The average Bonchev–Trinajstić information content (AvgIpc) is 2.64. The SMILES string of the molecule is COc1ccc(CC2C(=O)OC(=O)C2(O)C(C)C)cc1. The first-order valence-electron chi connectivity index (χ1n) is 6.51. The average molecular weight is 278 g/mol. The molecule has 5 nitrogen and oxygen atoms in total. The van der Waals surface area contributed by atoms with Gasteiger partial charge in [0.2, 0.25) is 0 Å². The molecular weight excluding hydrogens is 260 g/mol. The van der Waals surface area contributed by atoms with Crippen LogP contribution < -0.4 is 4.74 Å². The molecule has 1 aliphatic rings. The van der Waals surface area contributed by atoms with Crippen molar-refractivity contribution < 1.29 is 24.2 Å². The Hall–Kier alpha value is -1.88. The quantitative estimate of drug-likeness (QED) is 0.664. The second kappa shape index (κ2) is 5.25. The Morgan fingerprint density at radius 3 is 2.40 bits per heavy atom. The van der Waals surface area contributed by atoms with E-state index in [1.165, 1.54) is 0 Å². The number of carbonyl (C=O) groups excluding carboxylic acids is 2. The molecular formula is C15H18O5. The zero-order chi connectivity index (χ0) is 14.9. The highest BCUT2D eigenvalue weighted by Gasteiger charge is 2.58. The third kappa shape index (κ3) is 2.29. The van der Waals surface area contributed by atoms with Crippen molar-refractivity contribution >= 4 is 11.9 Å². The van der Waals surface area contributed by atoms with Crippen molar-refractivity contribution in [2.45, 2.75) is 25.9 Å². The van der Waals surface area contributed by atoms with Gasteiger partial charge in [-0.15, -0.1) is 0 Å². The maximum Gasteiger partial charge on any atom is 0.346 e. The summed E-state index contributed by atoms with van der Waals surface area (Å²) in [4.78, 5) is 23.5. The second-order valence-electron chi connectivity index (χ2n) is 5.29. The van der Waals surface area contributed by atoms with Crippen molar-refractivity contribution in [3.8, 4) is 5.75 Å². The van der Waals surface area contributed by atoms with Crippen molar-refractivity contribution in [2.75, 3.05) is 7.11 Å². The lowest BCUT2D eigenvalue weighted by molar-refractivity contribution is -0.161. The van der Waals surface area contributed by atoms with E-state index in [9.17, 15) is 14.7 Å². The number of aliphatic hydroxyl groups is 1. The van der Waals surface area contributed by atoms with E-state index in [4.69, 9.17) is 4.74 Å². The van der Waals surface area contributed by atoms with Gasteiger partial charge in [0.25, 0.3) is 0 Å². The Balaban J connectivity index is 2.25. The summed E-state index contributed by atoms with van der Waals surface area (Å²) in [6.45, 7) is 3.39. The Morgan fingerprint density at radius 2 is 1.90 bits per heavy atom. The lowest BCUT2D eigenvalue weighted by Gasteiger charge is -2.27. The Morgan fingerprint density at radius 1 is 1.30 bits per heavy atom. The van der Waals surface area contributed by atoms with Crippen LogP contribution in [0.5, 0.6) is 5.75 Å². The van der Waals surface area contributed by atoms with Gasteiger partial charge >= 0.3 is 11.9 Å². The van der Waals surface area contributed by atoms with E-state index >= 15 is 0 Å². The highest BCUT2D eigenvalue weighted by atomic mass is 16.6. The zero-order valence-corrected chi connectivity index (χ0v) is 11.8. The van der Waals surface area contributed by atoms with E-state index in [0.717, 1.165) is 5.56 Å². The van der Waals surface area contributed by atoms with Gasteiger partial charge in [-0.1, -0.05) is 26.0 Å². The number of esters is 2. The first-order chi connectivity index (χ1) is 9.39. The zero-order valence-electron chi connectivity index (χ0n) is 11.8. The number of benzene rings is 1. The lowest BCUT2D eigenvalue weighted by atomic mass is 9.77. The molecule has 1 aromatic carbocycles. The molecule has 0 spiro atoms. The minimum Gasteiger partial charge on any atom is -0.497 e. The molecule has 108 valence electrons. The molecule has 1 aromatic rings. The summed E-state index contributed by atoms with van der Waals surface area (Å²) >= 11 is 0. The first kappa shape index (κ1) is 14.5. The summed E-state index contributed by atoms with van der Waals surface area (Å²) in [5, 5.41) is 10.5. The fraction of sp³-hybridized carbons (Fsp3) is 0.467. The molecule has 1 heterocycles. The van der Waals surface area contributed by atoms with Crippen LogP contribution in [0.2, 0.25) is 0 Å². The molecule has 5 heteroatoms. The molecule has 0 aliphatic carbocycles. The number of hydrogen-bond acceptors (Lipinski definition) is 5. The van der Waals surface area contributed by atoms with Crippen molar-refractivity contribution in [1.29, 1.82) is 0 Å². The van der Waals surface area contributed by atoms with Crippen LogP contribution in [0.15, 0.2) is 24.3 Å². The monoisotopic (exact) mass is 278 g/mol. The number of rotatable bonds is 4. The topological polar surface area (TPSA) is 72.8 Å². The summed E-state index contributed by atoms with van der Waals surface area (Å²) in [7, 11) is 1.57. The molecule has 1 saturated heterocycles. The van der Waals surface area contributed by atoms with Gasteiger partial charge in [-0.3, -0.25) is 4.79 Å². The molecule has 2 atom stereocenters. The number of hydrogen-bond donors (Lipinski definition) is 1. The fourth-order valence-corrected chi connectivity index (χ4v) is 2.44. The summed E-state index contributed by atoms with van der Waals surface area (Å²) < 4.78 is 9.68. The van der Waals surface area contributed by atoms with Gasteiger partial charge < -0.3 is 14.6 Å². The van der Waals surface area contributed by atoms with Gasteiger partial charge in [0, 0.05) is 0 Å². The number of cyclic esters (lactones) is 2. The molecule has 0 saturated carbocycles. The number of carbonyl (C=O) groups is 2. The van der Waals surface area contributed by atoms with E-state index in [2.05, 4.69) is 4.74 Å². The Bertz CT molecular complexity index is 520. The summed E-state index contributed by atoms with van der Waals surface area (Å²) in [6, 6.07) is 7.14. The Labute approximate surface area is 117 Å². The molecule has 1 fully saturated rings. The highest BCUT2D eigenvalue weighted by molar-refractivity contribution is 6.01. The standard InChI is InChI=1S/C15H18O5/c1-9(2)15(18)12(13(16)20-14(15)17)8-10-4-6-11(19-3)7-5-10/h4-7,9,12,18H,8H2,1-3H3. The number of methoxy groups -OCH3 is 1. The molecule has 20 heavy (non-hydrogen) atoms. The maximum absolute atomic E-state index is 11.8. The molecule has 1 aliphatic heterocycles. The van der Waals surface area contributed by atoms with E-state index in [1.807, 2.05) is 0 Å². The third-order valence-corrected chi connectivity index (χ3v) is 3.82. The molecule has 0 aromatic heterocycles. The van der Waals surface area contributed by atoms with Gasteiger partial charge in [-0.2, -0.15) is 0 Å². The molecule has 0 radical (unpaired) electrons. The van der Waals surface area contributed by atoms with Crippen LogP contribution in [-0.4, -0.2) is 29.8 Å². The van der Waals surface area contributed by atoms with Crippen LogP contribution in [0.4, 0.5) is 0 Å². The second-order valence-corrected chi connectivity index (χ2v) is 5.29. The van der Waals surface area contributed by atoms with Crippen molar-refractivity contribution in [3.05, 3.63) is 29.8 Å². The predicted molar refractivity (Wildman–Crippen MR) is 71.1 cm³/mol. The van der Waals surface area contributed by atoms with Crippen LogP contribution in [0.1, 0.15) is 19.4 Å². The summed E-state index contributed by atoms with van der Waals surface area (Å²) in [5.41, 5.74) is -0.918. The molecule has 2 unspecified atom stereocenters. The molecule has 2 rings (SSSR count). The van der Waals surface area contributed by atoms with Gasteiger partial charge in [0.05, 0.1) is 7.11 Å². The fourth-order valence-electron chi connectivity index (χ4n) is 2.44. The smallest absolute Gasteiger partial charge is 0.346 e. The van der Waals surface area contributed by atoms with E-state index in [1.54, 1.807) is 45.2 Å². The maximum atomic E-state index is 11.8. The van der Waals surface area contributed by atoms with Crippen molar-refractivity contribution in [2.24, 2.45) is 11.8 Å². The Kier molecular flexibility index (Phi) is 3.81. The van der Waals surface area contributed by atoms with Gasteiger partial charge in [-0.05, 0) is 30.0 Å². The van der Waals surface area contributed by atoms with Crippen LogP contribution >= 0.6 is 0 Å². The van der Waals surface area contributed by atoms with Gasteiger partial charge in [-0.25, -0.2) is 4.79 Å². The highest BCUT2D eigenvalue weighted by Crippen LogP contribution is 2.36. The van der Waals surface area contributed by atoms with Crippen LogP contribution in [0.25, 0.3) is 0 Å². The van der Waals surface area contributed by atoms with E-state index in [0.29, 0.717) is 5.75 Å². The molecule has 1 N–H and O–H groups in total. The van der Waals surface area contributed by atoms with Gasteiger partial charge in [0.1, 0.15) is 11.7 Å². The third-order valence-electron chi connectivity index (χ3n) is 3.82. The van der Waals surface area contributed by atoms with Crippen molar-refractivity contribution in [1.82, 2.24) is 0 Å². The van der Waals surface area contributed by atoms with Crippen molar-refractivity contribution in [3.63, 3.8) is 0 Å². The molecule has 0 amide bonds. The summed E-state index contributed by atoms with van der Waals surface area (Å²) in [6.07, 6.45) is 0.253. The minimum atomic E-state index is -1.75. The predicted octanol–water partition coefficient (Wildman–Crippen LogP) is 1.32. The number of ether oxygens (including phenoxy) is 2. The minimum absolute atomic E-state index is 0.253. The normalized spacial score (nSPS) is 25.9. The van der Waals surface area contributed by atoms with E-state index in [-0.39, 0.29) is 6.42 Å².